The first-order chi connectivity index (χ1) is 8.88. The lowest BCUT2D eigenvalue weighted by molar-refractivity contribution is 0.0686. The quantitative estimate of drug-likeness (QED) is 0.870. The van der Waals surface area contributed by atoms with Crippen LogP contribution in [-0.4, -0.2) is 21.4 Å². The van der Waals surface area contributed by atoms with Crippen LogP contribution in [0, 0.1) is 0 Å². The van der Waals surface area contributed by atoms with Crippen LogP contribution in [0.5, 0.6) is 0 Å². The molecule has 0 fully saturated rings. The van der Waals surface area contributed by atoms with E-state index in [1.807, 2.05) is 0 Å². The molecular weight excluding hydrogens is 334 g/mol. The number of aryl methyl sites for hydroxylation is 1. The fourth-order valence-electron chi connectivity index (χ4n) is 1.75. The molecule has 0 atom stereocenters. The van der Waals surface area contributed by atoms with E-state index in [1.54, 1.807) is 25.2 Å². The number of aromatic carboxylic acids is 1. The molecule has 19 heavy (non-hydrogen) atoms. The van der Waals surface area contributed by atoms with E-state index in [0.717, 1.165) is 0 Å². The predicted molar refractivity (Wildman–Crippen MR) is 75.0 cm³/mol. The van der Waals surface area contributed by atoms with Crippen LogP contribution in [0.3, 0.4) is 0 Å². The highest BCUT2D eigenvalue weighted by Gasteiger charge is 2.17. The van der Waals surface area contributed by atoms with Crippen LogP contribution >= 0.6 is 27.5 Å². The summed E-state index contributed by atoms with van der Waals surface area (Å²) >= 11 is 9.15. The molecule has 1 aromatic carbocycles. The second kappa shape index (κ2) is 5.19. The van der Waals surface area contributed by atoms with Crippen LogP contribution < -0.4 is 0 Å². The second-order valence-electron chi connectivity index (χ2n) is 4.02. The molecule has 0 saturated heterocycles. The van der Waals surface area contributed by atoms with E-state index in [4.69, 9.17) is 16.7 Å². The minimum absolute atomic E-state index is 0.0597. The number of benzene rings is 1. The topological polar surface area (TPSA) is 59.3 Å². The third-order valence-corrected chi connectivity index (χ3v) is 3.29. The molecule has 6 heteroatoms. The highest BCUT2D eigenvalue weighted by Crippen LogP contribution is 2.22. The molecule has 4 nitrogen and oxygen atoms in total. The number of carboxylic acids is 1. The van der Waals surface area contributed by atoms with Gasteiger partial charge in [0, 0.05) is 33.9 Å². The monoisotopic (exact) mass is 341 g/mol. The minimum atomic E-state index is -1.08. The number of rotatable bonds is 3. The maximum absolute atomic E-state index is 12.3. The smallest absolute Gasteiger partial charge is 0.352 e. The summed E-state index contributed by atoms with van der Waals surface area (Å²) in [7, 11) is 1.58. The van der Waals surface area contributed by atoms with Crippen LogP contribution in [0.2, 0.25) is 5.02 Å². The summed E-state index contributed by atoms with van der Waals surface area (Å²) in [4.78, 5) is 23.2. The summed E-state index contributed by atoms with van der Waals surface area (Å²) in [6.45, 7) is 0. The zero-order chi connectivity index (χ0) is 14.2. The number of carbonyl (C=O) groups excluding carboxylic acids is 1. The Morgan fingerprint density at radius 1 is 1.21 bits per heavy atom. The van der Waals surface area contributed by atoms with E-state index >= 15 is 0 Å². The Morgan fingerprint density at radius 2 is 1.89 bits per heavy atom. The first kappa shape index (κ1) is 13.8. The summed E-state index contributed by atoms with van der Waals surface area (Å²) in [6.07, 6.45) is 1.49. The summed E-state index contributed by atoms with van der Waals surface area (Å²) in [5, 5.41) is 9.40. The number of halogens is 2. The Bertz CT molecular complexity index is 658. The lowest BCUT2D eigenvalue weighted by Gasteiger charge is -2.00. The zero-order valence-corrected chi connectivity index (χ0v) is 12.2. The van der Waals surface area contributed by atoms with Gasteiger partial charge in [-0.05, 0) is 24.3 Å². The summed E-state index contributed by atoms with van der Waals surface area (Å²) in [6, 6.07) is 6.20. The molecule has 98 valence electrons. The lowest BCUT2D eigenvalue weighted by Crippen LogP contribution is -2.02. The average molecular weight is 343 g/mol. The van der Waals surface area contributed by atoms with Gasteiger partial charge in [0.15, 0.2) is 5.78 Å². The Hall–Kier alpha value is -1.59. The van der Waals surface area contributed by atoms with E-state index in [-0.39, 0.29) is 11.5 Å². The molecule has 0 saturated carbocycles. The van der Waals surface area contributed by atoms with Crippen molar-refractivity contribution in [1.82, 2.24) is 4.57 Å². The third kappa shape index (κ3) is 2.88. The van der Waals surface area contributed by atoms with E-state index in [2.05, 4.69) is 15.9 Å². The van der Waals surface area contributed by atoms with Gasteiger partial charge in [-0.15, -0.1) is 0 Å². The molecule has 0 spiro atoms. The first-order valence-electron chi connectivity index (χ1n) is 5.29. The molecule has 0 radical (unpaired) electrons. The summed E-state index contributed by atoms with van der Waals surface area (Å²) in [5.74, 6) is -1.35. The molecule has 0 aliphatic rings. The highest BCUT2D eigenvalue weighted by molar-refractivity contribution is 9.10. The molecule has 0 aliphatic carbocycles. The van der Waals surface area contributed by atoms with Crippen LogP contribution in [0.1, 0.15) is 26.4 Å². The molecular formula is C13H9BrClNO3. The van der Waals surface area contributed by atoms with Crippen LogP contribution in [0.25, 0.3) is 0 Å². The van der Waals surface area contributed by atoms with Gasteiger partial charge in [-0.3, -0.25) is 4.79 Å². The lowest BCUT2D eigenvalue weighted by atomic mass is 10.1. The molecule has 1 N–H and O–H groups in total. The van der Waals surface area contributed by atoms with Crippen molar-refractivity contribution in [2.75, 3.05) is 0 Å². The number of hydrogen-bond acceptors (Lipinski definition) is 2. The molecule has 1 heterocycles. The average Bonchev–Trinajstić information content (AvgIpc) is 2.69. The van der Waals surface area contributed by atoms with E-state index in [1.165, 1.54) is 16.8 Å². The Labute approximate surface area is 122 Å². The van der Waals surface area contributed by atoms with Crippen LogP contribution in [-0.2, 0) is 7.05 Å². The van der Waals surface area contributed by atoms with E-state index < -0.39 is 5.97 Å². The fraction of sp³-hybridized carbons (Fsp3) is 0.0769. The third-order valence-electron chi connectivity index (χ3n) is 2.61. The number of hydrogen-bond donors (Lipinski definition) is 1. The van der Waals surface area contributed by atoms with Gasteiger partial charge < -0.3 is 9.67 Å². The highest BCUT2D eigenvalue weighted by atomic mass is 79.9. The van der Waals surface area contributed by atoms with Crippen molar-refractivity contribution >= 4 is 39.3 Å². The van der Waals surface area contributed by atoms with E-state index in [0.29, 0.717) is 20.6 Å². The summed E-state index contributed by atoms with van der Waals surface area (Å²) < 4.78 is 2.09. The maximum Gasteiger partial charge on any atom is 0.352 e. The van der Waals surface area contributed by atoms with Crippen LogP contribution in [0.4, 0.5) is 0 Å². The number of ketones is 1. The Balaban J connectivity index is 2.44. The normalized spacial score (nSPS) is 10.5. The van der Waals surface area contributed by atoms with Gasteiger partial charge >= 0.3 is 5.97 Å². The second-order valence-corrected chi connectivity index (χ2v) is 5.37. The Kier molecular flexibility index (Phi) is 3.78. The molecule has 2 aromatic rings. The Morgan fingerprint density at radius 3 is 2.42 bits per heavy atom. The van der Waals surface area contributed by atoms with Gasteiger partial charge in [-0.2, -0.15) is 0 Å². The fourth-order valence-corrected chi connectivity index (χ4v) is 2.61. The minimum Gasteiger partial charge on any atom is -0.477 e. The first-order valence-corrected chi connectivity index (χ1v) is 6.46. The standard InChI is InChI=1S/C13H9BrClNO3/c1-16-6-8(4-11(16)13(18)19)12(17)7-2-9(14)5-10(15)3-7/h2-6H,1H3,(H,18,19). The molecule has 0 bridgehead atoms. The van der Waals surface area contributed by atoms with Crippen molar-refractivity contribution in [2.24, 2.45) is 7.05 Å². The molecule has 0 amide bonds. The van der Waals surface area contributed by atoms with Gasteiger partial charge in [-0.25, -0.2) is 4.79 Å². The summed E-state index contributed by atoms with van der Waals surface area (Å²) in [5.41, 5.74) is 0.778. The van der Waals surface area contributed by atoms with E-state index in [9.17, 15) is 9.59 Å². The molecule has 2 rings (SSSR count). The van der Waals surface area contributed by atoms with Gasteiger partial charge in [0.1, 0.15) is 5.69 Å². The molecule has 0 unspecified atom stereocenters. The maximum atomic E-state index is 12.3. The number of nitrogens with zero attached hydrogens (tertiary/aromatic N) is 1. The van der Waals surface area contributed by atoms with Crippen molar-refractivity contribution in [3.63, 3.8) is 0 Å². The van der Waals surface area contributed by atoms with Gasteiger partial charge in [-0.1, -0.05) is 27.5 Å². The van der Waals surface area contributed by atoms with Gasteiger partial charge in [0.05, 0.1) is 0 Å². The zero-order valence-electron chi connectivity index (χ0n) is 9.85. The number of carboxylic acid groups (broad SMARTS) is 1. The van der Waals surface area contributed by atoms with Gasteiger partial charge in [0.25, 0.3) is 0 Å². The van der Waals surface area contributed by atoms with Gasteiger partial charge in [0.2, 0.25) is 0 Å². The van der Waals surface area contributed by atoms with Crippen LogP contribution in [0.15, 0.2) is 34.9 Å². The molecule has 1 aromatic heterocycles. The SMILES string of the molecule is Cn1cc(C(=O)c2cc(Cl)cc(Br)c2)cc1C(=O)O. The van der Waals surface area contributed by atoms with Crippen molar-refractivity contribution in [3.8, 4) is 0 Å². The number of aromatic nitrogens is 1. The van der Waals surface area contributed by atoms with Crippen molar-refractivity contribution < 1.29 is 14.7 Å². The number of carbonyl (C=O) groups is 2. The van der Waals surface area contributed by atoms with Crippen molar-refractivity contribution in [1.29, 1.82) is 0 Å². The van der Waals surface area contributed by atoms with Crippen molar-refractivity contribution in [3.05, 3.63) is 56.8 Å². The largest absolute Gasteiger partial charge is 0.477 e. The molecule has 0 aliphatic heterocycles. The van der Waals surface area contributed by atoms with Crippen molar-refractivity contribution in [2.45, 2.75) is 0 Å². The predicted octanol–water partition coefficient (Wildman–Crippen LogP) is 3.37.